The largest absolute Gasteiger partial charge is 1.00 e. The Bertz CT molecular complexity index is 378. The van der Waals surface area contributed by atoms with Crippen LogP contribution in [0.5, 0.6) is 0 Å². The summed E-state index contributed by atoms with van der Waals surface area (Å²) < 4.78 is 21.1. The Balaban J connectivity index is 0.00000144. The molecule has 1 rings (SSSR count). The van der Waals surface area contributed by atoms with E-state index in [-0.39, 0.29) is 38.7 Å². The summed E-state index contributed by atoms with van der Waals surface area (Å²) in [6, 6.07) is 5.12. The van der Waals surface area contributed by atoms with E-state index in [1.807, 2.05) is 0 Å². The first-order valence-electron chi connectivity index (χ1n) is 2.98. The molecule has 0 saturated carbocycles. The molecule has 0 aliphatic carbocycles. The van der Waals surface area contributed by atoms with Crippen molar-refractivity contribution in [1.82, 2.24) is 0 Å². The number of benzene rings is 1. The number of carbonyl (C=O) groups excluding carboxylic acids is 1. The number of halogens is 1. The van der Waals surface area contributed by atoms with Gasteiger partial charge in [-0.2, -0.15) is 0 Å². The number of carboxylic acid groups (broad SMARTS) is 1. The van der Waals surface area contributed by atoms with Crippen LogP contribution in [0, 0.1) is 3.57 Å². The van der Waals surface area contributed by atoms with Crippen molar-refractivity contribution in [3.63, 3.8) is 0 Å². The Kier molecular flexibility index (Phi) is 5.70. The summed E-state index contributed by atoms with van der Waals surface area (Å²) in [5, 5.41) is 10.3. The van der Waals surface area contributed by atoms with Gasteiger partial charge in [0, 0.05) is 0 Å². The van der Waals surface area contributed by atoms with Crippen LogP contribution in [0.4, 0.5) is 0 Å². The summed E-state index contributed by atoms with van der Waals surface area (Å²) >= 11 is -3.55. The number of hydrogen-bond donors (Lipinski definition) is 0. The van der Waals surface area contributed by atoms with E-state index >= 15 is 0 Å². The second-order valence-electron chi connectivity index (χ2n) is 2.02. The van der Waals surface area contributed by atoms with Gasteiger partial charge in [-0.25, -0.2) is 6.14 Å². The van der Waals surface area contributed by atoms with E-state index in [0.717, 1.165) is 6.07 Å². The minimum absolute atomic E-state index is 0. The number of rotatable bonds is 2. The van der Waals surface area contributed by atoms with Gasteiger partial charge >= 0.3 is 49.4 Å². The number of carboxylic acids is 1. The van der Waals surface area contributed by atoms with Gasteiger partial charge in [0.1, 0.15) is 0 Å². The minimum atomic E-state index is -3.55. The van der Waals surface area contributed by atoms with E-state index in [9.17, 15) is 16.0 Å². The zero-order valence-corrected chi connectivity index (χ0v) is 11.0. The average Bonchev–Trinajstić information content (AvgIpc) is 2.04. The van der Waals surface area contributed by atoms with Crippen LogP contribution < -0.4 is 34.7 Å². The van der Waals surface area contributed by atoms with E-state index < -0.39 is 25.8 Å². The van der Waals surface area contributed by atoms with Gasteiger partial charge in [0.25, 0.3) is 0 Å². The van der Waals surface area contributed by atoms with Crippen LogP contribution in [-0.2, 0) is 6.14 Å². The fourth-order valence-corrected chi connectivity index (χ4v) is 1.80. The third-order valence-electron chi connectivity index (χ3n) is 1.24. The third kappa shape index (κ3) is 3.72. The molecule has 0 radical (unpaired) electrons. The van der Waals surface area contributed by atoms with Gasteiger partial charge in [-0.1, -0.05) is 12.1 Å². The van der Waals surface area contributed by atoms with Gasteiger partial charge in [0.2, 0.25) is 0 Å². The summed E-state index contributed by atoms with van der Waals surface area (Å²) in [6.07, 6.45) is 0. The summed E-state index contributed by atoms with van der Waals surface area (Å²) in [5.74, 6) is -1.37. The van der Waals surface area contributed by atoms with Crippen LogP contribution in [0.1, 0.15) is 10.4 Å². The maximum absolute atomic E-state index is 10.5. The Morgan fingerprint density at radius 1 is 1.31 bits per heavy atom. The molecule has 0 aliphatic heterocycles. The Morgan fingerprint density at radius 3 is 2.38 bits per heavy atom. The first kappa shape index (κ1) is 13.0. The van der Waals surface area contributed by atoms with Crippen LogP contribution in [0.15, 0.2) is 24.3 Å². The first-order valence-corrected chi connectivity index (χ1v) is 5.82. The zero-order valence-electron chi connectivity index (χ0n) is 6.82. The van der Waals surface area contributed by atoms with E-state index in [2.05, 4.69) is 0 Å². The van der Waals surface area contributed by atoms with Crippen molar-refractivity contribution in [2.24, 2.45) is 0 Å². The molecule has 0 fully saturated rings. The second kappa shape index (κ2) is 5.69. The Hall–Kier alpha value is 0.0200. The molecule has 0 unspecified atom stereocenters. The van der Waals surface area contributed by atoms with E-state index in [1.54, 1.807) is 0 Å². The maximum atomic E-state index is 10.5. The van der Waals surface area contributed by atoms with E-state index in [1.165, 1.54) is 18.2 Å². The molecule has 64 valence electrons. The van der Waals surface area contributed by atoms with Crippen molar-refractivity contribution in [2.75, 3.05) is 0 Å². The summed E-state index contributed by atoms with van der Waals surface area (Å²) in [6.45, 7) is 0. The van der Waals surface area contributed by atoms with Crippen molar-refractivity contribution in [3.05, 3.63) is 33.4 Å². The van der Waals surface area contributed by atoms with E-state index in [4.69, 9.17) is 0 Å². The van der Waals surface area contributed by atoms with Crippen LogP contribution >= 0.6 is 19.8 Å². The molecule has 6 heteroatoms. The topological polar surface area (TPSA) is 74.3 Å². The maximum Gasteiger partial charge on any atom is 1.00 e. The van der Waals surface area contributed by atoms with E-state index in [0.29, 0.717) is 0 Å². The zero-order chi connectivity index (χ0) is 9.14. The molecule has 4 nitrogen and oxygen atoms in total. The van der Waals surface area contributed by atoms with Crippen molar-refractivity contribution in [1.29, 1.82) is 0 Å². The fourth-order valence-electron chi connectivity index (χ4n) is 0.711. The number of carbonyl (C=O) groups is 1. The molecule has 0 aliphatic rings. The molecule has 0 atom stereocenters. The molecule has 1 aromatic carbocycles. The second-order valence-corrected chi connectivity index (χ2v) is 4.50. The van der Waals surface area contributed by atoms with Crippen LogP contribution in [0.3, 0.4) is 0 Å². The van der Waals surface area contributed by atoms with Gasteiger partial charge in [-0.15, -0.1) is 0 Å². The number of hydrogen-bond acceptors (Lipinski definition) is 4. The Labute approximate surface area is 104 Å². The molecular formula is C7H4INaO4. The monoisotopic (exact) mass is 302 g/mol. The number of aromatic carboxylic acids is 1. The fraction of sp³-hybridized carbons (Fsp3) is 0. The van der Waals surface area contributed by atoms with Gasteiger partial charge < -0.3 is 9.90 Å². The minimum Gasteiger partial charge on any atom is -0.545 e. The van der Waals surface area contributed by atoms with Crippen molar-refractivity contribution >= 4 is 25.8 Å². The molecule has 0 amide bonds. The quantitative estimate of drug-likeness (QED) is 0.444. The van der Waals surface area contributed by atoms with Crippen LogP contribution in [0.25, 0.3) is 0 Å². The SMILES string of the molecule is O=C([O-])c1cccc(I(=O)=O)c1.[Na+]. The van der Waals surface area contributed by atoms with Crippen LogP contribution in [0.2, 0.25) is 0 Å². The molecule has 0 heterocycles. The van der Waals surface area contributed by atoms with Gasteiger partial charge in [-0.05, 0) is 17.7 Å². The summed E-state index contributed by atoms with van der Waals surface area (Å²) in [5.41, 5.74) is -0.110. The van der Waals surface area contributed by atoms with Crippen molar-refractivity contribution in [2.45, 2.75) is 0 Å². The molecule has 0 bridgehead atoms. The van der Waals surface area contributed by atoms with Gasteiger partial charge in [0.15, 0.2) is 0 Å². The molecule has 13 heavy (non-hydrogen) atoms. The first-order chi connectivity index (χ1) is 5.61. The Morgan fingerprint density at radius 2 is 1.92 bits per heavy atom. The molecule has 0 N–H and O–H groups in total. The summed E-state index contributed by atoms with van der Waals surface area (Å²) in [7, 11) is 0. The van der Waals surface area contributed by atoms with Crippen molar-refractivity contribution in [3.8, 4) is 0 Å². The van der Waals surface area contributed by atoms with Crippen molar-refractivity contribution < 1.29 is 45.6 Å². The molecule has 0 aromatic heterocycles. The molecule has 0 saturated heterocycles. The predicted octanol–water partition coefficient (Wildman–Crippen LogP) is -2.58. The van der Waals surface area contributed by atoms with Gasteiger partial charge in [0.05, 0.1) is 9.54 Å². The summed E-state index contributed by atoms with van der Waals surface area (Å²) in [4.78, 5) is 10.3. The molecular weight excluding hydrogens is 298 g/mol. The molecule has 1 aromatic rings. The molecule has 0 spiro atoms. The van der Waals surface area contributed by atoms with Crippen LogP contribution in [-0.4, -0.2) is 5.97 Å². The predicted molar refractivity (Wildman–Crippen MR) is 44.9 cm³/mol. The smallest absolute Gasteiger partial charge is 0.545 e. The standard InChI is InChI=1S/C7H5IO4.Na/c9-7(10)5-2-1-3-6(4-5)8(11)12;/h1-4H,(H,9,10);/q;+1/p-1. The average molecular weight is 302 g/mol. The van der Waals surface area contributed by atoms with Gasteiger partial charge in [-0.3, -0.25) is 0 Å². The third-order valence-corrected chi connectivity index (χ3v) is 2.93. The normalized spacial score (nSPS) is 9.31.